The fourth-order valence-corrected chi connectivity index (χ4v) is 5.84. The maximum absolute atomic E-state index is 3.65. The number of nitrogens with one attached hydrogen (secondary N) is 1. The molecule has 152 valence electrons. The van der Waals surface area contributed by atoms with Gasteiger partial charge in [-0.3, -0.25) is 4.90 Å². The fourth-order valence-electron chi connectivity index (χ4n) is 5.84. The molecule has 3 heterocycles. The summed E-state index contributed by atoms with van der Waals surface area (Å²) < 4.78 is 2.43. The number of aromatic nitrogens is 1. The average Bonchev–Trinajstić information content (AvgIpc) is 3.31. The second kappa shape index (κ2) is 6.88. The van der Waals surface area contributed by atoms with Crippen molar-refractivity contribution in [3.8, 4) is 0 Å². The van der Waals surface area contributed by atoms with E-state index in [1.165, 1.54) is 59.0 Å². The van der Waals surface area contributed by atoms with Gasteiger partial charge in [-0.1, -0.05) is 42.5 Å². The van der Waals surface area contributed by atoms with E-state index in [1.807, 2.05) is 0 Å². The number of nitrogens with zero attached hydrogens (tertiary/aromatic N) is 2. The van der Waals surface area contributed by atoms with E-state index in [4.69, 9.17) is 0 Å². The third-order valence-electron chi connectivity index (χ3n) is 7.49. The van der Waals surface area contributed by atoms with Crippen LogP contribution >= 0.6 is 0 Å². The molecule has 0 amide bonds. The van der Waals surface area contributed by atoms with Crippen LogP contribution in [0, 0.1) is 0 Å². The van der Waals surface area contributed by atoms with Gasteiger partial charge in [0, 0.05) is 52.5 Å². The van der Waals surface area contributed by atoms with E-state index < -0.39 is 0 Å². The smallest absolute Gasteiger partial charge is 0.0491 e. The Morgan fingerprint density at radius 3 is 2.50 bits per heavy atom. The molecule has 0 aliphatic carbocycles. The number of para-hydroxylation sites is 2. The predicted molar refractivity (Wildman–Crippen MR) is 126 cm³/mol. The first kappa shape index (κ1) is 18.0. The first-order chi connectivity index (χ1) is 14.8. The van der Waals surface area contributed by atoms with Gasteiger partial charge in [0.1, 0.15) is 0 Å². The van der Waals surface area contributed by atoms with Crippen molar-refractivity contribution < 1.29 is 0 Å². The van der Waals surface area contributed by atoms with Gasteiger partial charge in [0.25, 0.3) is 0 Å². The second-order valence-corrected chi connectivity index (χ2v) is 9.07. The summed E-state index contributed by atoms with van der Waals surface area (Å²) in [5.41, 5.74) is 7.36. The highest BCUT2D eigenvalue weighted by Gasteiger charge is 2.41. The molecule has 1 aromatic heterocycles. The Kier molecular flexibility index (Phi) is 4.14. The molecule has 30 heavy (non-hydrogen) atoms. The minimum Gasteiger partial charge on any atom is -0.384 e. The predicted octanol–water partition coefficient (Wildman–Crippen LogP) is 5.77. The number of piperidine rings is 1. The van der Waals surface area contributed by atoms with Crippen LogP contribution in [0.4, 0.5) is 5.69 Å². The van der Waals surface area contributed by atoms with Crippen molar-refractivity contribution in [2.45, 2.75) is 38.3 Å². The Morgan fingerprint density at radius 2 is 1.63 bits per heavy atom. The van der Waals surface area contributed by atoms with Gasteiger partial charge in [-0.15, -0.1) is 0 Å². The molecule has 2 aliphatic rings. The van der Waals surface area contributed by atoms with Crippen molar-refractivity contribution in [2.75, 3.05) is 25.0 Å². The molecule has 4 aromatic rings. The van der Waals surface area contributed by atoms with Gasteiger partial charge in [0.05, 0.1) is 0 Å². The summed E-state index contributed by atoms with van der Waals surface area (Å²) in [5, 5.41) is 6.42. The molecule has 3 aromatic carbocycles. The molecule has 1 saturated heterocycles. The van der Waals surface area contributed by atoms with Crippen LogP contribution < -0.4 is 5.32 Å². The lowest BCUT2D eigenvalue weighted by atomic mass is 9.74. The zero-order chi connectivity index (χ0) is 20.1. The molecule has 2 aliphatic heterocycles. The van der Waals surface area contributed by atoms with Gasteiger partial charge in [-0.25, -0.2) is 0 Å². The lowest BCUT2D eigenvalue weighted by Gasteiger charge is -2.39. The standard InChI is InChI=1S/C27H29N3/c1-2-30-25-10-6-3-7-21(25)22-17-20(11-12-26(22)30)18-29-15-13-27(14-16-29)19-28-24-9-5-4-8-23(24)27/h3-12,17,28H,2,13-16,18-19H2,1H3. The monoisotopic (exact) mass is 395 g/mol. The number of hydrogen-bond donors (Lipinski definition) is 1. The Hall–Kier alpha value is -2.78. The molecule has 0 radical (unpaired) electrons. The fraction of sp³-hybridized carbons (Fsp3) is 0.333. The normalized spacial score (nSPS) is 18.2. The van der Waals surface area contributed by atoms with Crippen LogP contribution in [0.1, 0.15) is 30.9 Å². The van der Waals surface area contributed by atoms with Crippen LogP contribution in [-0.2, 0) is 18.5 Å². The molecule has 1 spiro atoms. The number of rotatable bonds is 3. The molecular formula is C27H29N3. The van der Waals surface area contributed by atoms with E-state index in [1.54, 1.807) is 5.56 Å². The van der Waals surface area contributed by atoms with Gasteiger partial charge < -0.3 is 9.88 Å². The van der Waals surface area contributed by atoms with Crippen LogP contribution in [0.15, 0.2) is 66.7 Å². The lowest BCUT2D eigenvalue weighted by molar-refractivity contribution is 0.162. The lowest BCUT2D eigenvalue weighted by Crippen LogP contribution is -2.43. The third-order valence-corrected chi connectivity index (χ3v) is 7.49. The van der Waals surface area contributed by atoms with Crippen LogP contribution in [0.25, 0.3) is 21.8 Å². The van der Waals surface area contributed by atoms with E-state index in [9.17, 15) is 0 Å². The molecule has 0 atom stereocenters. The van der Waals surface area contributed by atoms with Gasteiger partial charge in [0.15, 0.2) is 0 Å². The maximum Gasteiger partial charge on any atom is 0.0491 e. The van der Waals surface area contributed by atoms with Crippen LogP contribution in [0.3, 0.4) is 0 Å². The van der Waals surface area contributed by atoms with Crippen molar-refractivity contribution >= 4 is 27.5 Å². The van der Waals surface area contributed by atoms with E-state index in [0.717, 1.165) is 19.6 Å². The molecule has 0 saturated carbocycles. The third kappa shape index (κ3) is 2.69. The summed E-state index contributed by atoms with van der Waals surface area (Å²) in [5.74, 6) is 0. The largest absolute Gasteiger partial charge is 0.384 e. The van der Waals surface area contributed by atoms with Crippen LogP contribution in [0.5, 0.6) is 0 Å². The van der Waals surface area contributed by atoms with E-state index >= 15 is 0 Å². The van der Waals surface area contributed by atoms with Gasteiger partial charge >= 0.3 is 0 Å². The zero-order valence-corrected chi connectivity index (χ0v) is 17.7. The van der Waals surface area contributed by atoms with E-state index in [-0.39, 0.29) is 0 Å². The van der Waals surface area contributed by atoms with Gasteiger partial charge in [-0.2, -0.15) is 0 Å². The van der Waals surface area contributed by atoms with Crippen LogP contribution in [0.2, 0.25) is 0 Å². The minimum absolute atomic E-state index is 0.339. The summed E-state index contributed by atoms with van der Waals surface area (Å²) in [6, 6.07) is 24.8. The van der Waals surface area contributed by atoms with Gasteiger partial charge in [0.2, 0.25) is 0 Å². The highest BCUT2D eigenvalue weighted by Crippen LogP contribution is 2.44. The number of anilines is 1. The summed E-state index contributed by atoms with van der Waals surface area (Å²) in [6.07, 6.45) is 2.49. The highest BCUT2D eigenvalue weighted by atomic mass is 15.1. The summed E-state index contributed by atoms with van der Waals surface area (Å²) in [4.78, 5) is 2.65. The van der Waals surface area contributed by atoms with E-state index in [0.29, 0.717) is 5.41 Å². The van der Waals surface area contributed by atoms with Crippen molar-refractivity contribution in [1.82, 2.24) is 9.47 Å². The Morgan fingerprint density at radius 1 is 0.867 bits per heavy atom. The van der Waals surface area contributed by atoms with Gasteiger partial charge in [-0.05, 0) is 68.2 Å². The summed E-state index contributed by atoms with van der Waals surface area (Å²) >= 11 is 0. The Balaban J connectivity index is 1.25. The molecule has 6 rings (SSSR count). The number of fused-ring (bicyclic) bond motifs is 5. The summed E-state index contributed by atoms with van der Waals surface area (Å²) in [7, 11) is 0. The first-order valence-electron chi connectivity index (χ1n) is 11.3. The van der Waals surface area contributed by atoms with Crippen molar-refractivity contribution in [1.29, 1.82) is 0 Å². The maximum atomic E-state index is 3.65. The number of aryl methyl sites for hydroxylation is 1. The number of likely N-dealkylation sites (tertiary alicyclic amines) is 1. The molecule has 1 N–H and O–H groups in total. The number of hydrogen-bond acceptors (Lipinski definition) is 2. The highest BCUT2D eigenvalue weighted by molar-refractivity contribution is 6.08. The minimum atomic E-state index is 0.339. The quantitative estimate of drug-likeness (QED) is 0.475. The molecule has 1 fully saturated rings. The average molecular weight is 396 g/mol. The van der Waals surface area contributed by atoms with Crippen LogP contribution in [-0.4, -0.2) is 29.1 Å². The Labute approximate surface area is 178 Å². The number of benzene rings is 3. The molecule has 3 heteroatoms. The molecule has 3 nitrogen and oxygen atoms in total. The first-order valence-corrected chi connectivity index (χ1v) is 11.3. The topological polar surface area (TPSA) is 20.2 Å². The molecule has 0 bridgehead atoms. The van der Waals surface area contributed by atoms with E-state index in [2.05, 4.69) is 88.4 Å². The van der Waals surface area contributed by atoms with Crippen molar-refractivity contribution in [3.63, 3.8) is 0 Å². The molecule has 0 unspecified atom stereocenters. The van der Waals surface area contributed by atoms with Crippen molar-refractivity contribution in [3.05, 3.63) is 77.9 Å². The zero-order valence-electron chi connectivity index (χ0n) is 17.7. The van der Waals surface area contributed by atoms with Crippen molar-refractivity contribution in [2.24, 2.45) is 0 Å². The second-order valence-electron chi connectivity index (χ2n) is 9.07. The Bertz CT molecular complexity index is 1230. The summed E-state index contributed by atoms with van der Waals surface area (Å²) in [6.45, 7) is 7.73. The molecular weight excluding hydrogens is 366 g/mol. The SMILES string of the molecule is CCn1c2ccccc2c2cc(CN3CCC4(CC3)CNc3ccccc34)ccc21.